The van der Waals surface area contributed by atoms with Gasteiger partial charge in [0, 0.05) is 6.07 Å². The van der Waals surface area contributed by atoms with E-state index in [0.717, 1.165) is 6.08 Å². The fourth-order valence-corrected chi connectivity index (χ4v) is 1.23. The highest BCUT2D eigenvalue weighted by Crippen LogP contribution is 2.19. The number of allylic oxidation sites excluding steroid dienone is 1. The Kier molecular flexibility index (Phi) is 4.31. The van der Waals surface area contributed by atoms with Crippen molar-refractivity contribution in [2.24, 2.45) is 5.92 Å². The summed E-state index contributed by atoms with van der Waals surface area (Å²) in [5, 5.41) is 19.3. The van der Waals surface area contributed by atoms with Crippen LogP contribution in [-0.2, 0) is 9.59 Å². The Bertz CT molecular complexity index is 521. The monoisotopic (exact) mass is 249 g/mol. The molecule has 0 amide bonds. The summed E-state index contributed by atoms with van der Waals surface area (Å²) >= 11 is 0. The number of carboxylic acids is 1. The Morgan fingerprint density at radius 2 is 2.00 bits per heavy atom. The fourth-order valence-electron chi connectivity index (χ4n) is 1.23. The molecule has 1 unspecified atom stereocenters. The first-order chi connectivity index (χ1) is 8.43. The average molecular weight is 249 g/mol. The Morgan fingerprint density at radius 1 is 1.39 bits per heavy atom. The summed E-state index contributed by atoms with van der Waals surface area (Å²) in [6.45, 7) is 1.26. The zero-order chi connectivity index (χ0) is 13.7. The lowest BCUT2D eigenvalue weighted by atomic mass is 10.1. The van der Waals surface area contributed by atoms with Gasteiger partial charge in [0.25, 0.3) is 5.69 Å². The van der Waals surface area contributed by atoms with Crippen molar-refractivity contribution < 1.29 is 19.6 Å². The topological polar surface area (TPSA) is 97.5 Å². The lowest BCUT2D eigenvalue weighted by Crippen LogP contribution is -2.18. The van der Waals surface area contributed by atoms with Crippen LogP contribution in [0.2, 0.25) is 0 Å². The van der Waals surface area contributed by atoms with Crippen molar-refractivity contribution in [2.45, 2.75) is 6.92 Å². The van der Waals surface area contributed by atoms with Gasteiger partial charge in [0.1, 0.15) is 5.92 Å². The number of benzene rings is 1. The van der Waals surface area contributed by atoms with Crippen molar-refractivity contribution in [1.82, 2.24) is 0 Å². The highest BCUT2D eigenvalue weighted by molar-refractivity contribution is 6.06. The smallest absolute Gasteiger partial charge is 0.314 e. The third-order valence-corrected chi connectivity index (χ3v) is 2.36. The first-order valence-corrected chi connectivity index (χ1v) is 5.11. The molecule has 94 valence electrons. The molecule has 0 aliphatic carbocycles. The number of hydrogen-bond donors (Lipinski definition) is 1. The molecule has 0 aromatic heterocycles. The van der Waals surface area contributed by atoms with E-state index in [-0.39, 0.29) is 11.3 Å². The molecule has 18 heavy (non-hydrogen) atoms. The molecule has 1 aromatic rings. The van der Waals surface area contributed by atoms with Crippen LogP contribution in [0, 0.1) is 16.0 Å². The van der Waals surface area contributed by atoms with E-state index in [1.54, 1.807) is 6.07 Å². The largest absolute Gasteiger partial charge is 0.481 e. The minimum Gasteiger partial charge on any atom is -0.481 e. The normalized spacial score (nSPS) is 12.3. The van der Waals surface area contributed by atoms with E-state index in [0.29, 0.717) is 0 Å². The molecule has 0 heterocycles. The van der Waals surface area contributed by atoms with Gasteiger partial charge in [-0.3, -0.25) is 19.7 Å². The lowest BCUT2D eigenvalue weighted by molar-refractivity contribution is -0.385. The molecule has 1 atom stereocenters. The second-order valence-electron chi connectivity index (χ2n) is 3.61. The van der Waals surface area contributed by atoms with Gasteiger partial charge in [-0.2, -0.15) is 0 Å². The van der Waals surface area contributed by atoms with Crippen LogP contribution < -0.4 is 0 Å². The molecule has 0 radical (unpaired) electrons. The number of para-hydroxylation sites is 1. The van der Waals surface area contributed by atoms with Gasteiger partial charge >= 0.3 is 5.97 Å². The average Bonchev–Trinajstić information content (AvgIpc) is 2.35. The Hall–Kier alpha value is -2.50. The Balaban J connectivity index is 2.95. The molecule has 6 nitrogen and oxygen atoms in total. The third-order valence-electron chi connectivity index (χ3n) is 2.36. The van der Waals surface area contributed by atoms with Crippen molar-refractivity contribution in [3.05, 3.63) is 46.0 Å². The standard InChI is InChI=1S/C12H11NO5/c1-8(12(15)16)11(14)7-6-9-4-2-3-5-10(9)13(17)18/h2-8H,1H3,(H,15,16). The predicted octanol–water partition coefficient (Wildman–Crippen LogP) is 1.90. The number of nitro benzene ring substituents is 1. The van der Waals surface area contributed by atoms with E-state index in [9.17, 15) is 19.7 Å². The van der Waals surface area contributed by atoms with Gasteiger partial charge in [-0.25, -0.2) is 0 Å². The van der Waals surface area contributed by atoms with E-state index in [2.05, 4.69) is 0 Å². The van der Waals surface area contributed by atoms with Crippen molar-refractivity contribution >= 4 is 23.5 Å². The predicted molar refractivity (Wildman–Crippen MR) is 63.9 cm³/mol. The van der Waals surface area contributed by atoms with Gasteiger partial charge < -0.3 is 5.11 Å². The number of aliphatic carboxylic acids is 1. The summed E-state index contributed by atoms with van der Waals surface area (Å²) in [6, 6.07) is 5.90. The number of nitrogens with zero attached hydrogens (tertiary/aromatic N) is 1. The van der Waals surface area contributed by atoms with Gasteiger partial charge in [-0.1, -0.05) is 12.1 Å². The minimum atomic E-state index is -1.23. The number of hydrogen-bond acceptors (Lipinski definition) is 4. The van der Waals surface area contributed by atoms with Crippen LogP contribution in [0.15, 0.2) is 30.3 Å². The molecule has 1 aromatic carbocycles. The van der Waals surface area contributed by atoms with Gasteiger partial charge in [-0.15, -0.1) is 0 Å². The van der Waals surface area contributed by atoms with E-state index < -0.39 is 22.6 Å². The fraction of sp³-hybridized carbons (Fsp3) is 0.167. The Morgan fingerprint density at radius 3 is 2.56 bits per heavy atom. The maximum Gasteiger partial charge on any atom is 0.314 e. The molecule has 0 saturated carbocycles. The third kappa shape index (κ3) is 3.24. The van der Waals surface area contributed by atoms with Crippen molar-refractivity contribution in [3.63, 3.8) is 0 Å². The zero-order valence-electron chi connectivity index (χ0n) is 9.57. The van der Waals surface area contributed by atoms with Crippen LogP contribution in [0.5, 0.6) is 0 Å². The summed E-state index contributed by atoms with van der Waals surface area (Å²) in [7, 11) is 0. The van der Waals surface area contributed by atoms with Crippen LogP contribution in [0.1, 0.15) is 12.5 Å². The van der Waals surface area contributed by atoms with E-state index in [1.165, 1.54) is 31.2 Å². The highest BCUT2D eigenvalue weighted by Gasteiger charge is 2.18. The van der Waals surface area contributed by atoms with Crippen LogP contribution >= 0.6 is 0 Å². The second kappa shape index (κ2) is 5.72. The summed E-state index contributed by atoms with van der Waals surface area (Å²) in [4.78, 5) is 32.1. The van der Waals surface area contributed by atoms with Crippen molar-refractivity contribution in [1.29, 1.82) is 0 Å². The van der Waals surface area contributed by atoms with Gasteiger partial charge in [0.15, 0.2) is 5.78 Å². The van der Waals surface area contributed by atoms with Crippen LogP contribution in [0.4, 0.5) is 5.69 Å². The second-order valence-corrected chi connectivity index (χ2v) is 3.61. The number of nitro groups is 1. The SMILES string of the molecule is CC(C(=O)O)C(=O)C=Cc1ccccc1[N+](=O)[O-]. The first kappa shape index (κ1) is 13.6. The Labute approximate surface area is 103 Å². The molecule has 0 bridgehead atoms. The van der Waals surface area contributed by atoms with E-state index in [1.807, 2.05) is 0 Å². The molecule has 0 aliphatic rings. The molecular weight excluding hydrogens is 238 g/mol. The van der Waals surface area contributed by atoms with Crippen LogP contribution in [-0.4, -0.2) is 21.8 Å². The molecule has 0 aliphatic heterocycles. The number of carbonyl (C=O) groups excluding carboxylic acids is 1. The van der Waals surface area contributed by atoms with Gasteiger partial charge in [0.2, 0.25) is 0 Å². The summed E-state index contributed by atoms with van der Waals surface area (Å²) in [5.74, 6) is -3.00. The first-order valence-electron chi connectivity index (χ1n) is 5.11. The summed E-state index contributed by atoms with van der Waals surface area (Å²) < 4.78 is 0. The van der Waals surface area contributed by atoms with Crippen molar-refractivity contribution in [3.8, 4) is 0 Å². The van der Waals surface area contributed by atoms with Crippen molar-refractivity contribution in [2.75, 3.05) is 0 Å². The number of rotatable bonds is 5. The number of ketones is 1. The maximum absolute atomic E-state index is 11.4. The minimum absolute atomic E-state index is 0.135. The summed E-state index contributed by atoms with van der Waals surface area (Å²) in [5.41, 5.74) is 0.123. The quantitative estimate of drug-likeness (QED) is 0.372. The van der Waals surface area contributed by atoms with Gasteiger partial charge in [0.05, 0.1) is 10.5 Å². The molecule has 0 saturated heterocycles. The molecule has 0 fully saturated rings. The molecule has 1 rings (SSSR count). The van der Waals surface area contributed by atoms with E-state index >= 15 is 0 Å². The maximum atomic E-state index is 11.4. The zero-order valence-corrected chi connectivity index (χ0v) is 9.57. The lowest BCUT2D eigenvalue weighted by Gasteiger charge is -2.00. The molecular formula is C12H11NO5. The molecule has 0 spiro atoms. The van der Waals surface area contributed by atoms with Gasteiger partial charge in [-0.05, 0) is 25.1 Å². The molecule has 1 N–H and O–H groups in total. The highest BCUT2D eigenvalue weighted by atomic mass is 16.6. The number of carboxylic acid groups (broad SMARTS) is 1. The number of carbonyl (C=O) groups is 2. The van der Waals surface area contributed by atoms with E-state index in [4.69, 9.17) is 5.11 Å². The molecule has 6 heteroatoms. The van der Waals surface area contributed by atoms with Crippen LogP contribution in [0.3, 0.4) is 0 Å². The van der Waals surface area contributed by atoms with Crippen LogP contribution in [0.25, 0.3) is 6.08 Å². The summed E-state index contributed by atoms with van der Waals surface area (Å²) in [6.07, 6.45) is 2.29.